The molecule has 304 valence electrons. The summed E-state index contributed by atoms with van der Waals surface area (Å²) < 4.78 is 5.03. The van der Waals surface area contributed by atoms with E-state index in [1.807, 2.05) is 11.3 Å². The van der Waals surface area contributed by atoms with Crippen LogP contribution in [0.3, 0.4) is 0 Å². The standard InChI is InChI=1S/C62H40N2S/c1-2-17-49-45(14-1)40-56(51-19-4-3-18-50(49)51)54-22-7-9-24-58(54)63(47-35-30-42(31-36-47)44-32-37-62-57(39-44)55-23-8-12-27-61(55)65-62)46-33-28-41(29-34-46)43-15-13-16-48(38-43)64-59-25-10-5-20-52(59)53-21-6-11-26-60(53)64/h1-40H. The summed E-state index contributed by atoms with van der Waals surface area (Å²) in [5.74, 6) is 0. The lowest BCUT2D eigenvalue weighted by atomic mass is 9.92. The average molecular weight is 845 g/mol. The van der Waals surface area contributed by atoms with E-state index in [1.54, 1.807) is 0 Å². The first-order valence-electron chi connectivity index (χ1n) is 22.2. The molecule has 0 N–H and O–H groups in total. The van der Waals surface area contributed by atoms with Crippen molar-refractivity contribution in [1.29, 1.82) is 0 Å². The van der Waals surface area contributed by atoms with Gasteiger partial charge in [0.25, 0.3) is 0 Å². The van der Waals surface area contributed by atoms with E-state index in [9.17, 15) is 0 Å². The summed E-state index contributed by atoms with van der Waals surface area (Å²) in [4.78, 5) is 2.43. The maximum atomic E-state index is 2.43. The zero-order valence-corrected chi connectivity index (χ0v) is 36.2. The molecule has 0 saturated carbocycles. The quantitative estimate of drug-likeness (QED) is 0.145. The van der Waals surface area contributed by atoms with Crippen molar-refractivity contribution in [3.8, 4) is 39.1 Å². The third-order valence-electron chi connectivity index (χ3n) is 13.2. The molecular formula is C62H40N2S. The second-order valence-corrected chi connectivity index (χ2v) is 18.0. The number of hydrogen-bond acceptors (Lipinski definition) is 2. The van der Waals surface area contributed by atoms with Crippen molar-refractivity contribution in [2.24, 2.45) is 0 Å². The van der Waals surface area contributed by atoms with Crippen molar-refractivity contribution < 1.29 is 0 Å². The maximum Gasteiger partial charge on any atom is 0.0541 e. The zero-order valence-electron chi connectivity index (χ0n) is 35.4. The largest absolute Gasteiger partial charge is 0.310 e. The molecule has 0 bridgehead atoms. The lowest BCUT2D eigenvalue weighted by Crippen LogP contribution is -2.11. The van der Waals surface area contributed by atoms with Crippen LogP contribution in [0.1, 0.15) is 0 Å². The minimum atomic E-state index is 1.09. The molecule has 13 aromatic rings. The van der Waals surface area contributed by atoms with Crippen LogP contribution < -0.4 is 4.90 Å². The van der Waals surface area contributed by atoms with Crippen molar-refractivity contribution >= 4 is 91.9 Å². The van der Waals surface area contributed by atoms with Crippen LogP contribution in [0, 0.1) is 0 Å². The first-order chi connectivity index (χ1) is 32.2. The Morgan fingerprint density at radius 3 is 1.57 bits per heavy atom. The van der Waals surface area contributed by atoms with Crippen molar-refractivity contribution in [3.63, 3.8) is 0 Å². The summed E-state index contributed by atoms with van der Waals surface area (Å²) in [5.41, 5.74) is 14.0. The minimum Gasteiger partial charge on any atom is -0.310 e. The van der Waals surface area contributed by atoms with Crippen molar-refractivity contribution in [2.75, 3.05) is 4.90 Å². The molecule has 0 amide bonds. The number of fused-ring (bicyclic) bond motifs is 9. The van der Waals surface area contributed by atoms with Gasteiger partial charge in [-0.3, -0.25) is 0 Å². The van der Waals surface area contributed by atoms with E-state index in [0.29, 0.717) is 0 Å². The van der Waals surface area contributed by atoms with Gasteiger partial charge in [0.15, 0.2) is 0 Å². The topological polar surface area (TPSA) is 8.17 Å². The van der Waals surface area contributed by atoms with E-state index in [2.05, 4.69) is 252 Å². The molecule has 13 rings (SSSR count). The second kappa shape index (κ2) is 15.2. The van der Waals surface area contributed by atoms with Crippen LogP contribution in [0.4, 0.5) is 17.1 Å². The molecule has 2 aromatic heterocycles. The SMILES string of the molecule is c1cc(-c2ccc(N(c3ccc(-c4ccc5sc6ccccc6c5c4)cc3)c3ccccc3-c3cc4ccccc4c4ccccc34)cc2)cc(-n2c3ccccc3c3ccccc32)c1. The molecule has 0 aliphatic heterocycles. The molecule has 3 heteroatoms. The molecule has 0 aliphatic rings. The van der Waals surface area contributed by atoms with Crippen LogP contribution in [0.5, 0.6) is 0 Å². The summed E-state index contributed by atoms with van der Waals surface area (Å²) in [5, 5.41) is 10.2. The Morgan fingerprint density at radius 2 is 0.846 bits per heavy atom. The third-order valence-corrected chi connectivity index (χ3v) is 14.3. The summed E-state index contributed by atoms with van der Waals surface area (Å²) in [7, 11) is 0. The van der Waals surface area contributed by atoms with Gasteiger partial charge in [0, 0.05) is 53.6 Å². The van der Waals surface area contributed by atoms with Gasteiger partial charge in [-0.25, -0.2) is 0 Å². The molecular weight excluding hydrogens is 805 g/mol. The fourth-order valence-corrected chi connectivity index (χ4v) is 11.2. The molecule has 0 radical (unpaired) electrons. The summed E-state index contributed by atoms with van der Waals surface area (Å²) >= 11 is 1.86. The predicted octanol–water partition coefficient (Wildman–Crippen LogP) is 17.9. The molecule has 0 atom stereocenters. The van der Waals surface area contributed by atoms with E-state index in [0.717, 1.165) is 28.3 Å². The highest BCUT2D eigenvalue weighted by Crippen LogP contribution is 2.45. The van der Waals surface area contributed by atoms with Gasteiger partial charge in [-0.15, -0.1) is 11.3 Å². The Balaban J connectivity index is 0.943. The van der Waals surface area contributed by atoms with Crippen LogP contribution in [-0.2, 0) is 0 Å². The van der Waals surface area contributed by atoms with Gasteiger partial charge < -0.3 is 9.47 Å². The highest BCUT2D eigenvalue weighted by atomic mass is 32.1. The van der Waals surface area contributed by atoms with Crippen LogP contribution in [0.25, 0.3) is 103 Å². The van der Waals surface area contributed by atoms with Gasteiger partial charge in [-0.2, -0.15) is 0 Å². The Hall–Kier alpha value is -8.24. The van der Waals surface area contributed by atoms with Crippen molar-refractivity contribution in [1.82, 2.24) is 4.57 Å². The Labute approximate surface area is 381 Å². The highest BCUT2D eigenvalue weighted by molar-refractivity contribution is 7.25. The second-order valence-electron chi connectivity index (χ2n) is 16.9. The molecule has 65 heavy (non-hydrogen) atoms. The highest BCUT2D eigenvalue weighted by Gasteiger charge is 2.20. The fraction of sp³-hybridized carbons (Fsp3) is 0. The lowest BCUT2D eigenvalue weighted by molar-refractivity contribution is 1.18. The molecule has 11 aromatic carbocycles. The third kappa shape index (κ3) is 6.24. The van der Waals surface area contributed by atoms with E-state index >= 15 is 0 Å². The number of para-hydroxylation sites is 3. The molecule has 2 heterocycles. The van der Waals surface area contributed by atoms with E-state index < -0.39 is 0 Å². The predicted molar refractivity (Wildman–Crippen MR) is 280 cm³/mol. The Bertz CT molecular complexity index is 3900. The number of hydrogen-bond donors (Lipinski definition) is 0. The van der Waals surface area contributed by atoms with Crippen LogP contribution >= 0.6 is 11.3 Å². The van der Waals surface area contributed by atoms with Gasteiger partial charge in [0.1, 0.15) is 0 Å². The Morgan fingerprint density at radius 1 is 0.308 bits per heavy atom. The minimum absolute atomic E-state index is 1.09. The molecule has 0 fully saturated rings. The fourth-order valence-electron chi connectivity index (χ4n) is 10.1. The first-order valence-corrected chi connectivity index (χ1v) is 23.1. The average Bonchev–Trinajstić information content (AvgIpc) is 3.92. The normalized spacial score (nSPS) is 11.7. The van der Waals surface area contributed by atoms with Crippen LogP contribution in [0.15, 0.2) is 243 Å². The number of anilines is 3. The van der Waals surface area contributed by atoms with Crippen molar-refractivity contribution in [2.45, 2.75) is 0 Å². The number of rotatable bonds is 7. The number of nitrogens with zero attached hydrogens (tertiary/aromatic N) is 2. The van der Waals surface area contributed by atoms with Gasteiger partial charge in [-0.05, 0) is 128 Å². The summed E-state index contributed by atoms with van der Waals surface area (Å²) in [6.45, 7) is 0. The van der Waals surface area contributed by atoms with Gasteiger partial charge in [0.2, 0.25) is 0 Å². The van der Waals surface area contributed by atoms with E-state index in [1.165, 1.54) is 91.3 Å². The maximum absolute atomic E-state index is 2.43. The van der Waals surface area contributed by atoms with E-state index in [4.69, 9.17) is 0 Å². The van der Waals surface area contributed by atoms with Crippen LogP contribution in [-0.4, -0.2) is 4.57 Å². The van der Waals surface area contributed by atoms with E-state index in [-0.39, 0.29) is 0 Å². The number of thiophene rings is 1. The molecule has 0 unspecified atom stereocenters. The van der Waals surface area contributed by atoms with Crippen molar-refractivity contribution in [3.05, 3.63) is 243 Å². The molecule has 0 saturated heterocycles. The van der Waals surface area contributed by atoms with Crippen LogP contribution in [0.2, 0.25) is 0 Å². The zero-order chi connectivity index (χ0) is 42.8. The first kappa shape index (κ1) is 37.3. The number of benzene rings is 11. The van der Waals surface area contributed by atoms with Gasteiger partial charge >= 0.3 is 0 Å². The van der Waals surface area contributed by atoms with Gasteiger partial charge in [-0.1, -0.05) is 164 Å². The summed E-state index contributed by atoms with van der Waals surface area (Å²) in [6, 6.07) is 89.0. The lowest BCUT2D eigenvalue weighted by Gasteiger charge is -2.28. The van der Waals surface area contributed by atoms with Gasteiger partial charge in [0.05, 0.1) is 16.7 Å². The number of aromatic nitrogens is 1. The summed E-state index contributed by atoms with van der Waals surface area (Å²) in [6.07, 6.45) is 0. The Kier molecular flexibility index (Phi) is 8.75. The molecule has 0 aliphatic carbocycles. The molecule has 2 nitrogen and oxygen atoms in total. The smallest absolute Gasteiger partial charge is 0.0541 e. The molecule has 0 spiro atoms. The monoisotopic (exact) mass is 844 g/mol.